The van der Waals surface area contributed by atoms with Gasteiger partial charge in [0.25, 0.3) is 0 Å². The molecule has 2 rings (SSSR count). The molecule has 1 aromatic carbocycles. The van der Waals surface area contributed by atoms with Crippen molar-refractivity contribution in [3.8, 4) is 0 Å². The number of aliphatic hydroxyl groups is 1. The van der Waals surface area contributed by atoms with Gasteiger partial charge in [-0.05, 0) is 43.7 Å². The van der Waals surface area contributed by atoms with Gasteiger partial charge in [0, 0.05) is 6.54 Å². The lowest BCUT2D eigenvalue weighted by Crippen LogP contribution is -2.28. The minimum Gasteiger partial charge on any atom is -0.391 e. The second kappa shape index (κ2) is 5.83. The van der Waals surface area contributed by atoms with Crippen molar-refractivity contribution < 1.29 is 9.84 Å². The number of nitrogens with two attached hydrogens (primary N) is 1. The molecule has 0 spiro atoms. The Morgan fingerprint density at radius 2 is 1.89 bits per heavy atom. The van der Waals surface area contributed by atoms with Crippen LogP contribution in [0.25, 0.3) is 0 Å². The maximum absolute atomic E-state index is 9.47. The minimum absolute atomic E-state index is 0.136. The molecular formula is C15H23NO2. The minimum atomic E-state index is -0.482. The first kappa shape index (κ1) is 13.5. The van der Waals surface area contributed by atoms with E-state index in [9.17, 15) is 5.11 Å². The molecule has 1 aliphatic carbocycles. The highest BCUT2D eigenvalue weighted by molar-refractivity contribution is 5.29. The first-order chi connectivity index (χ1) is 8.61. The lowest BCUT2D eigenvalue weighted by Gasteiger charge is -2.23. The van der Waals surface area contributed by atoms with Gasteiger partial charge in [0.05, 0.1) is 18.3 Å². The van der Waals surface area contributed by atoms with E-state index in [2.05, 4.69) is 24.3 Å². The van der Waals surface area contributed by atoms with E-state index >= 15 is 0 Å². The molecule has 0 heterocycles. The van der Waals surface area contributed by atoms with Crippen LogP contribution in [0, 0.1) is 0 Å². The van der Waals surface area contributed by atoms with Gasteiger partial charge >= 0.3 is 0 Å². The molecule has 1 fully saturated rings. The first-order valence-electron chi connectivity index (χ1n) is 6.75. The van der Waals surface area contributed by atoms with Crippen molar-refractivity contribution in [3.63, 3.8) is 0 Å². The average molecular weight is 249 g/mol. The van der Waals surface area contributed by atoms with Crippen molar-refractivity contribution in [1.29, 1.82) is 0 Å². The van der Waals surface area contributed by atoms with Crippen molar-refractivity contribution in [2.75, 3.05) is 6.54 Å². The predicted molar refractivity (Wildman–Crippen MR) is 72.4 cm³/mol. The highest BCUT2D eigenvalue weighted by Crippen LogP contribution is 2.40. The standard InChI is InChI=1S/C15H23NO2/c1-10(17)11(2)18-15(9-16)14-7-5-13(6-8-14)12-3-4-12/h5-8,10-12,15,17H,3-4,9,16H2,1-2H3. The molecule has 0 radical (unpaired) electrons. The number of ether oxygens (including phenoxy) is 1. The van der Waals surface area contributed by atoms with Gasteiger partial charge in [-0.1, -0.05) is 24.3 Å². The predicted octanol–water partition coefficient (Wildman–Crippen LogP) is 2.35. The Bertz CT molecular complexity index is 371. The molecule has 0 bridgehead atoms. The van der Waals surface area contributed by atoms with Crippen molar-refractivity contribution in [1.82, 2.24) is 0 Å². The van der Waals surface area contributed by atoms with Crippen LogP contribution in [0.4, 0.5) is 0 Å². The van der Waals surface area contributed by atoms with Crippen molar-refractivity contribution in [3.05, 3.63) is 35.4 Å². The van der Waals surface area contributed by atoms with E-state index in [0.717, 1.165) is 11.5 Å². The monoisotopic (exact) mass is 249 g/mol. The molecule has 1 saturated carbocycles. The van der Waals surface area contributed by atoms with E-state index in [1.54, 1.807) is 6.92 Å². The average Bonchev–Trinajstić information content (AvgIpc) is 3.20. The highest BCUT2D eigenvalue weighted by atomic mass is 16.5. The van der Waals surface area contributed by atoms with Crippen LogP contribution in [0.15, 0.2) is 24.3 Å². The first-order valence-corrected chi connectivity index (χ1v) is 6.75. The smallest absolute Gasteiger partial charge is 0.0952 e. The van der Waals surface area contributed by atoms with Gasteiger partial charge in [0.15, 0.2) is 0 Å². The number of aliphatic hydroxyl groups excluding tert-OH is 1. The number of hydrogen-bond donors (Lipinski definition) is 2. The second-order valence-corrected chi connectivity index (χ2v) is 5.25. The SMILES string of the molecule is CC(O)C(C)OC(CN)c1ccc(C2CC2)cc1. The van der Waals surface area contributed by atoms with Gasteiger partial charge < -0.3 is 15.6 Å². The maximum atomic E-state index is 9.47. The lowest BCUT2D eigenvalue weighted by molar-refractivity contribution is -0.0591. The van der Waals surface area contributed by atoms with Crippen LogP contribution in [-0.2, 0) is 4.74 Å². The zero-order valence-electron chi connectivity index (χ0n) is 11.2. The van der Waals surface area contributed by atoms with Gasteiger partial charge in [-0.25, -0.2) is 0 Å². The molecular weight excluding hydrogens is 226 g/mol. The van der Waals surface area contributed by atoms with E-state index < -0.39 is 6.10 Å². The molecule has 0 aliphatic heterocycles. The Balaban J connectivity index is 2.02. The van der Waals surface area contributed by atoms with E-state index in [-0.39, 0.29) is 12.2 Å². The summed E-state index contributed by atoms with van der Waals surface area (Å²) in [6.45, 7) is 4.03. The Morgan fingerprint density at radius 3 is 2.33 bits per heavy atom. The molecule has 3 N–H and O–H groups in total. The Labute approximate surface area is 109 Å². The summed E-state index contributed by atoms with van der Waals surface area (Å²) in [6, 6.07) is 8.54. The molecule has 3 heteroatoms. The van der Waals surface area contributed by atoms with Crippen LogP contribution in [0.1, 0.15) is 49.8 Å². The molecule has 100 valence electrons. The molecule has 1 aromatic rings. The largest absolute Gasteiger partial charge is 0.391 e. The fourth-order valence-electron chi connectivity index (χ4n) is 2.04. The molecule has 0 saturated heterocycles. The van der Waals surface area contributed by atoms with Gasteiger partial charge in [0.2, 0.25) is 0 Å². The highest BCUT2D eigenvalue weighted by Gasteiger charge is 2.24. The van der Waals surface area contributed by atoms with Gasteiger partial charge in [-0.2, -0.15) is 0 Å². The summed E-state index contributed by atoms with van der Waals surface area (Å²) >= 11 is 0. The summed E-state index contributed by atoms with van der Waals surface area (Å²) < 4.78 is 5.79. The fourth-order valence-corrected chi connectivity index (χ4v) is 2.04. The summed E-state index contributed by atoms with van der Waals surface area (Å²) in [5.41, 5.74) is 8.26. The third-order valence-electron chi connectivity index (χ3n) is 3.63. The fraction of sp³-hybridized carbons (Fsp3) is 0.600. The van der Waals surface area contributed by atoms with Gasteiger partial charge in [-0.3, -0.25) is 0 Å². The number of hydrogen-bond acceptors (Lipinski definition) is 3. The van der Waals surface area contributed by atoms with Crippen molar-refractivity contribution in [2.24, 2.45) is 5.73 Å². The molecule has 1 aliphatic rings. The maximum Gasteiger partial charge on any atom is 0.0952 e. The third kappa shape index (κ3) is 3.31. The Kier molecular flexibility index (Phi) is 4.38. The molecule has 3 nitrogen and oxygen atoms in total. The molecule has 3 unspecified atom stereocenters. The van der Waals surface area contributed by atoms with Crippen molar-refractivity contribution in [2.45, 2.75) is 50.9 Å². The van der Waals surface area contributed by atoms with E-state index in [1.165, 1.54) is 18.4 Å². The van der Waals surface area contributed by atoms with Crippen LogP contribution in [0.3, 0.4) is 0 Å². The summed E-state index contributed by atoms with van der Waals surface area (Å²) in [6.07, 6.45) is 1.80. The second-order valence-electron chi connectivity index (χ2n) is 5.25. The van der Waals surface area contributed by atoms with Crippen molar-refractivity contribution >= 4 is 0 Å². The van der Waals surface area contributed by atoms with E-state index in [0.29, 0.717) is 6.54 Å². The van der Waals surface area contributed by atoms with Crippen LogP contribution in [0.5, 0.6) is 0 Å². The quantitative estimate of drug-likeness (QED) is 0.813. The molecule has 3 atom stereocenters. The summed E-state index contributed by atoms with van der Waals surface area (Å²) in [5.74, 6) is 0.771. The molecule has 0 aromatic heterocycles. The Hall–Kier alpha value is -0.900. The zero-order chi connectivity index (χ0) is 13.1. The topological polar surface area (TPSA) is 55.5 Å². The van der Waals surface area contributed by atoms with Gasteiger partial charge in [0.1, 0.15) is 0 Å². The number of rotatable bonds is 6. The van der Waals surface area contributed by atoms with Crippen LogP contribution in [-0.4, -0.2) is 23.9 Å². The van der Waals surface area contributed by atoms with E-state index in [1.807, 2.05) is 6.92 Å². The summed E-state index contributed by atoms with van der Waals surface area (Å²) in [7, 11) is 0. The normalized spacial score (nSPS) is 20.4. The summed E-state index contributed by atoms with van der Waals surface area (Å²) in [5, 5.41) is 9.47. The van der Waals surface area contributed by atoms with Crippen LogP contribution in [0.2, 0.25) is 0 Å². The lowest BCUT2D eigenvalue weighted by atomic mass is 10.0. The van der Waals surface area contributed by atoms with Gasteiger partial charge in [-0.15, -0.1) is 0 Å². The Morgan fingerprint density at radius 1 is 1.28 bits per heavy atom. The summed E-state index contributed by atoms with van der Waals surface area (Å²) in [4.78, 5) is 0. The zero-order valence-corrected chi connectivity index (χ0v) is 11.2. The van der Waals surface area contributed by atoms with Crippen LogP contribution >= 0.6 is 0 Å². The molecule has 18 heavy (non-hydrogen) atoms. The van der Waals surface area contributed by atoms with Crippen LogP contribution < -0.4 is 5.73 Å². The molecule has 0 amide bonds. The number of benzene rings is 1. The van der Waals surface area contributed by atoms with E-state index in [4.69, 9.17) is 10.5 Å². The third-order valence-corrected chi connectivity index (χ3v) is 3.63.